The molecule has 1 spiro atoms. The largest absolute Gasteiger partial charge is 0.326 e. The number of H-pyrrole nitrogens is 1. The van der Waals surface area contributed by atoms with Crippen LogP contribution in [0.5, 0.6) is 0 Å². The minimum Gasteiger partial charge on any atom is -0.326 e. The van der Waals surface area contributed by atoms with E-state index in [9.17, 15) is 9.59 Å². The molecule has 23 heavy (non-hydrogen) atoms. The third kappa shape index (κ3) is 2.44. The van der Waals surface area contributed by atoms with Crippen LogP contribution in [-0.2, 0) is 21.7 Å². The van der Waals surface area contributed by atoms with E-state index in [1.807, 2.05) is 46.4 Å². The summed E-state index contributed by atoms with van der Waals surface area (Å²) in [6, 6.07) is 0. The zero-order valence-electron chi connectivity index (χ0n) is 14.8. The summed E-state index contributed by atoms with van der Waals surface area (Å²) in [6.07, 6.45) is 1.91. The summed E-state index contributed by atoms with van der Waals surface area (Å²) in [5.41, 5.74) is 0.832. The normalized spacial score (nSPS) is 19.0. The van der Waals surface area contributed by atoms with Gasteiger partial charge >= 0.3 is 0 Å². The SMILES string of the molecule is CC(C)(C)C(=O)Nc1n[nH]c2c1CN(C(=O)C(C)(C)C)C21CC1. The Labute approximate surface area is 137 Å². The Morgan fingerprint density at radius 3 is 2.22 bits per heavy atom. The number of anilines is 1. The molecule has 6 nitrogen and oxygen atoms in total. The molecule has 0 radical (unpaired) electrons. The predicted molar refractivity (Wildman–Crippen MR) is 87.6 cm³/mol. The summed E-state index contributed by atoms with van der Waals surface area (Å²) in [7, 11) is 0. The van der Waals surface area contributed by atoms with E-state index in [1.165, 1.54) is 0 Å². The van der Waals surface area contributed by atoms with Gasteiger partial charge in [0.25, 0.3) is 0 Å². The summed E-state index contributed by atoms with van der Waals surface area (Å²) in [4.78, 5) is 27.0. The second kappa shape index (κ2) is 4.58. The highest BCUT2D eigenvalue weighted by Gasteiger charge is 2.59. The minimum absolute atomic E-state index is 0.0720. The topological polar surface area (TPSA) is 78.1 Å². The second-order valence-corrected chi connectivity index (χ2v) is 8.80. The number of carbonyl (C=O) groups excluding carboxylic acids is 2. The van der Waals surface area contributed by atoms with Crippen LogP contribution in [0.3, 0.4) is 0 Å². The number of nitrogens with one attached hydrogen (secondary N) is 2. The molecule has 0 saturated heterocycles. The van der Waals surface area contributed by atoms with Crippen molar-refractivity contribution in [2.45, 2.75) is 66.5 Å². The highest BCUT2D eigenvalue weighted by Crippen LogP contribution is 2.57. The van der Waals surface area contributed by atoms with Gasteiger partial charge in [-0.2, -0.15) is 5.10 Å². The maximum atomic E-state index is 12.8. The molecular weight excluding hydrogens is 292 g/mol. The molecule has 1 fully saturated rings. The lowest BCUT2D eigenvalue weighted by molar-refractivity contribution is -0.143. The summed E-state index contributed by atoms with van der Waals surface area (Å²) < 4.78 is 0. The molecule has 0 atom stereocenters. The lowest BCUT2D eigenvalue weighted by Gasteiger charge is -2.31. The molecule has 1 aliphatic heterocycles. The van der Waals surface area contributed by atoms with Crippen LogP contribution in [0, 0.1) is 10.8 Å². The van der Waals surface area contributed by atoms with Crippen molar-refractivity contribution in [2.75, 3.05) is 5.32 Å². The molecule has 2 amide bonds. The maximum absolute atomic E-state index is 12.8. The van der Waals surface area contributed by atoms with E-state index in [2.05, 4.69) is 15.5 Å². The smallest absolute Gasteiger partial charge is 0.230 e. The molecule has 1 aromatic rings. The van der Waals surface area contributed by atoms with E-state index in [0.29, 0.717) is 12.4 Å². The number of nitrogens with zero attached hydrogens (tertiary/aromatic N) is 2. The number of aromatic nitrogens is 2. The summed E-state index contributed by atoms with van der Waals surface area (Å²) in [5, 5.41) is 10.3. The number of hydrogen-bond acceptors (Lipinski definition) is 3. The highest BCUT2D eigenvalue weighted by molar-refractivity contribution is 5.95. The van der Waals surface area contributed by atoms with Crippen LogP contribution in [0.15, 0.2) is 0 Å². The minimum atomic E-state index is -0.484. The Kier molecular flexibility index (Phi) is 3.19. The van der Waals surface area contributed by atoms with E-state index < -0.39 is 10.8 Å². The third-order valence-electron chi connectivity index (χ3n) is 4.69. The van der Waals surface area contributed by atoms with Crippen molar-refractivity contribution in [2.24, 2.45) is 10.8 Å². The number of carbonyl (C=O) groups is 2. The monoisotopic (exact) mass is 318 g/mol. The van der Waals surface area contributed by atoms with E-state index in [-0.39, 0.29) is 17.4 Å². The van der Waals surface area contributed by atoms with Crippen molar-refractivity contribution in [3.63, 3.8) is 0 Å². The van der Waals surface area contributed by atoms with Gasteiger partial charge in [0.2, 0.25) is 11.8 Å². The van der Waals surface area contributed by atoms with Crippen LogP contribution in [0.1, 0.15) is 65.6 Å². The van der Waals surface area contributed by atoms with Crippen molar-refractivity contribution in [3.05, 3.63) is 11.3 Å². The lowest BCUT2D eigenvalue weighted by atomic mass is 9.94. The van der Waals surface area contributed by atoms with Crippen LogP contribution >= 0.6 is 0 Å². The highest BCUT2D eigenvalue weighted by atomic mass is 16.2. The summed E-state index contributed by atoms with van der Waals surface area (Å²) in [5.74, 6) is 0.639. The number of rotatable bonds is 1. The molecule has 0 bridgehead atoms. The van der Waals surface area contributed by atoms with Gasteiger partial charge in [-0.15, -0.1) is 0 Å². The Bertz CT molecular complexity index is 672. The van der Waals surface area contributed by atoms with Gasteiger partial charge in [0.1, 0.15) is 0 Å². The first kappa shape index (κ1) is 16.0. The number of hydrogen-bond donors (Lipinski definition) is 2. The Balaban J connectivity index is 1.89. The first-order valence-corrected chi connectivity index (χ1v) is 8.18. The molecule has 126 valence electrons. The molecule has 1 aliphatic carbocycles. The molecule has 2 N–H and O–H groups in total. The molecule has 1 saturated carbocycles. The van der Waals surface area contributed by atoms with Crippen LogP contribution < -0.4 is 5.32 Å². The summed E-state index contributed by atoms with van der Waals surface area (Å²) in [6.45, 7) is 11.9. The van der Waals surface area contributed by atoms with Crippen LogP contribution in [-0.4, -0.2) is 26.9 Å². The molecule has 6 heteroatoms. The molecule has 0 unspecified atom stereocenters. The zero-order valence-corrected chi connectivity index (χ0v) is 14.8. The van der Waals surface area contributed by atoms with E-state index in [1.54, 1.807) is 0 Å². The Morgan fingerprint density at radius 2 is 1.74 bits per heavy atom. The van der Waals surface area contributed by atoms with Gasteiger partial charge in [-0.1, -0.05) is 41.5 Å². The van der Waals surface area contributed by atoms with Crippen LogP contribution in [0.2, 0.25) is 0 Å². The van der Waals surface area contributed by atoms with Crippen molar-refractivity contribution in [3.8, 4) is 0 Å². The van der Waals surface area contributed by atoms with Crippen molar-refractivity contribution < 1.29 is 9.59 Å². The molecule has 3 rings (SSSR count). The number of amides is 2. The number of aromatic amines is 1. The summed E-state index contributed by atoms with van der Waals surface area (Å²) >= 11 is 0. The van der Waals surface area contributed by atoms with E-state index >= 15 is 0 Å². The number of fused-ring (bicyclic) bond motifs is 2. The first-order chi connectivity index (χ1) is 10.5. The van der Waals surface area contributed by atoms with Crippen LogP contribution in [0.4, 0.5) is 5.82 Å². The van der Waals surface area contributed by atoms with Gasteiger partial charge in [-0.3, -0.25) is 14.7 Å². The van der Waals surface area contributed by atoms with Crippen molar-refractivity contribution in [1.82, 2.24) is 15.1 Å². The molecule has 0 aromatic carbocycles. The van der Waals surface area contributed by atoms with Crippen molar-refractivity contribution >= 4 is 17.6 Å². The van der Waals surface area contributed by atoms with Gasteiger partial charge in [0.15, 0.2) is 5.82 Å². The molecule has 2 aliphatic rings. The fraction of sp³-hybridized carbons (Fsp3) is 0.706. The molecule has 1 aromatic heterocycles. The third-order valence-corrected chi connectivity index (χ3v) is 4.69. The van der Waals surface area contributed by atoms with Gasteiger partial charge in [-0.05, 0) is 12.8 Å². The van der Waals surface area contributed by atoms with Gasteiger partial charge in [0, 0.05) is 16.4 Å². The zero-order chi connectivity index (χ0) is 17.2. The molecular formula is C17H26N4O2. The Hall–Kier alpha value is -1.85. The lowest BCUT2D eigenvalue weighted by Crippen LogP contribution is -2.42. The van der Waals surface area contributed by atoms with Crippen molar-refractivity contribution in [1.29, 1.82) is 0 Å². The first-order valence-electron chi connectivity index (χ1n) is 8.18. The fourth-order valence-corrected chi connectivity index (χ4v) is 3.06. The fourth-order valence-electron chi connectivity index (χ4n) is 3.06. The van der Waals surface area contributed by atoms with Crippen LogP contribution in [0.25, 0.3) is 0 Å². The van der Waals surface area contributed by atoms with Gasteiger partial charge in [-0.25, -0.2) is 0 Å². The second-order valence-electron chi connectivity index (χ2n) is 8.80. The van der Waals surface area contributed by atoms with Gasteiger partial charge in [0.05, 0.1) is 17.8 Å². The molecule has 2 heterocycles. The Morgan fingerprint density at radius 1 is 1.13 bits per heavy atom. The average Bonchev–Trinajstić information content (AvgIpc) is 3.00. The van der Waals surface area contributed by atoms with E-state index in [4.69, 9.17) is 0 Å². The predicted octanol–water partition coefficient (Wildman–Crippen LogP) is 2.77. The standard InChI is InChI=1S/C17H26N4O2/c1-15(2,3)13(22)18-12-10-9-21(14(23)16(4,5)6)17(7-8-17)11(10)19-20-12/h7-9H2,1-6H3,(H2,18,19,20,22). The maximum Gasteiger partial charge on any atom is 0.230 e. The average molecular weight is 318 g/mol. The van der Waals surface area contributed by atoms with E-state index in [0.717, 1.165) is 24.1 Å². The van der Waals surface area contributed by atoms with Gasteiger partial charge < -0.3 is 10.2 Å². The quantitative estimate of drug-likeness (QED) is 0.836.